The van der Waals surface area contributed by atoms with E-state index in [2.05, 4.69) is 24.1 Å². The zero-order valence-corrected chi connectivity index (χ0v) is 19.3. The van der Waals surface area contributed by atoms with Crippen LogP contribution in [0.5, 0.6) is 0 Å². The average molecular weight is 445 g/mol. The fraction of sp³-hybridized carbons (Fsp3) is 0.704. The molecule has 0 bridgehead atoms. The molecule has 0 saturated heterocycles. The Kier molecular flexibility index (Phi) is 5.53. The van der Waals surface area contributed by atoms with Gasteiger partial charge in [-0.15, -0.1) is 0 Å². The van der Waals surface area contributed by atoms with Gasteiger partial charge in [-0.3, -0.25) is 0 Å². The van der Waals surface area contributed by atoms with Gasteiger partial charge in [0.2, 0.25) is 0 Å². The smallest absolute Gasteiger partial charge is 0.166 e. The second kappa shape index (κ2) is 7.99. The van der Waals surface area contributed by atoms with Crippen molar-refractivity contribution in [2.24, 2.45) is 44.7 Å². The first-order chi connectivity index (χ1) is 15.2. The number of fused-ring (bicyclic) bond motifs is 5. The Morgan fingerprint density at radius 3 is 2.56 bits per heavy atom. The van der Waals surface area contributed by atoms with Gasteiger partial charge in [0, 0.05) is 16.7 Å². The van der Waals surface area contributed by atoms with Gasteiger partial charge in [0.15, 0.2) is 0 Å². The summed E-state index contributed by atoms with van der Waals surface area (Å²) in [4.78, 5) is 0. The molecule has 0 heterocycles. The third-order valence-corrected chi connectivity index (χ3v) is 9.97. The predicted octanol–water partition coefficient (Wildman–Crippen LogP) is 7.91. The number of halogens is 3. The summed E-state index contributed by atoms with van der Waals surface area (Å²) in [6, 6.07) is 5.58. The summed E-state index contributed by atoms with van der Waals surface area (Å²) >= 11 is 0. The molecule has 2 nitrogen and oxygen atoms in total. The van der Waals surface area contributed by atoms with Crippen molar-refractivity contribution in [2.75, 3.05) is 0 Å². The SMILES string of the molecule is C[C@]12CCC3C(CC[C@H]4CCCC[C@]34C)C1CC/C2=N\N=C\c1ccccc1C(F)(F)F. The van der Waals surface area contributed by atoms with Gasteiger partial charge < -0.3 is 0 Å². The molecule has 4 fully saturated rings. The highest BCUT2D eigenvalue weighted by atomic mass is 19.4. The second-order valence-electron chi connectivity index (χ2n) is 11.3. The Balaban J connectivity index is 1.37. The van der Waals surface area contributed by atoms with Crippen molar-refractivity contribution < 1.29 is 13.2 Å². The topological polar surface area (TPSA) is 24.7 Å². The molecule has 0 radical (unpaired) electrons. The van der Waals surface area contributed by atoms with E-state index in [0.29, 0.717) is 11.3 Å². The van der Waals surface area contributed by atoms with Crippen LogP contribution < -0.4 is 0 Å². The van der Waals surface area contributed by atoms with Gasteiger partial charge in [0.25, 0.3) is 0 Å². The monoisotopic (exact) mass is 444 g/mol. The Morgan fingerprint density at radius 2 is 1.75 bits per heavy atom. The Hall–Kier alpha value is -1.65. The van der Waals surface area contributed by atoms with Gasteiger partial charge in [-0.2, -0.15) is 23.4 Å². The molecule has 5 rings (SSSR count). The molecular weight excluding hydrogens is 409 g/mol. The molecule has 6 atom stereocenters. The van der Waals surface area contributed by atoms with E-state index in [1.807, 2.05) is 0 Å². The maximum atomic E-state index is 13.3. The van der Waals surface area contributed by atoms with Crippen LogP contribution in [0.3, 0.4) is 0 Å². The van der Waals surface area contributed by atoms with Crippen molar-refractivity contribution in [2.45, 2.75) is 84.2 Å². The first kappa shape index (κ1) is 22.2. The molecule has 0 spiro atoms. The molecule has 5 heteroatoms. The number of hydrogen-bond donors (Lipinski definition) is 0. The summed E-state index contributed by atoms with van der Waals surface area (Å²) < 4.78 is 39.8. The zero-order valence-electron chi connectivity index (χ0n) is 19.3. The highest BCUT2D eigenvalue weighted by Gasteiger charge is 2.59. The summed E-state index contributed by atoms with van der Waals surface area (Å²) in [7, 11) is 0. The lowest BCUT2D eigenvalue weighted by Gasteiger charge is -2.59. The summed E-state index contributed by atoms with van der Waals surface area (Å²) in [6.45, 7) is 4.94. The molecule has 4 saturated carbocycles. The van der Waals surface area contributed by atoms with Gasteiger partial charge >= 0.3 is 6.18 Å². The van der Waals surface area contributed by atoms with Crippen LogP contribution in [0.15, 0.2) is 34.5 Å². The van der Waals surface area contributed by atoms with E-state index < -0.39 is 11.7 Å². The summed E-state index contributed by atoms with van der Waals surface area (Å²) in [5, 5.41) is 8.73. The number of hydrogen-bond acceptors (Lipinski definition) is 2. The quantitative estimate of drug-likeness (QED) is 0.327. The number of benzene rings is 1. The second-order valence-corrected chi connectivity index (χ2v) is 11.3. The highest BCUT2D eigenvalue weighted by molar-refractivity contribution is 5.93. The molecule has 1 aromatic rings. The minimum Gasteiger partial charge on any atom is -0.166 e. The molecule has 4 aliphatic carbocycles. The summed E-state index contributed by atoms with van der Waals surface area (Å²) in [5.41, 5.74) is 1.10. The van der Waals surface area contributed by atoms with Crippen LogP contribution >= 0.6 is 0 Å². The van der Waals surface area contributed by atoms with Crippen molar-refractivity contribution >= 4 is 11.9 Å². The lowest BCUT2D eigenvalue weighted by molar-refractivity contribution is -0.137. The average Bonchev–Trinajstić information content (AvgIpc) is 3.09. The Bertz CT molecular complexity index is 920. The van der Waals surface area contributed by atoms with Gasteiger partial charge in [-0.05, 0) is 86.5 Å². The van der Waals surface area contributed by atoms with E-state index in [4.69, 9.17) is 0 Å². The lowest BCUT2D eigenvalue weighted by Crippen LogP contribution is -2.52. The maximum absolute atomic E-state index is 13.3. The standard InChI is InChI=1S/C27H35F3N2/c1-25-15-6-5-8-19(25)10-11-20-22-12-13-24(26(22,2)16-14-23(20)25)32-31-17-18-7-3-4-9-21(18)27(28,29)30/h3-4,7,9,17,19-20,22-23H,5-6,8,10-16H2,1-2H3/b31-17+,32-24+/t19-,20?,22?,23?,25+,26+/m1/s1. The molecule has 0 amide bonds. The van der Waals surface area contributed by atoms with Gasteiger partial charge in [0.05, 0.1) is 11.8 Å². The van der Waals surface area contributed by atoms with Crippen molar-refractivity contribution in [3.05, 3.63) is 35.4 Å². The van der Waals surface area contributed by atoms with Crippen LogP contribution in [0.2, 0.25) is 0 Å². The van der Waals surface area contributed by atoms with Gasteiger partial charge in [-0.1, -0.05) is 44.9 Å². The molecule has 4 aliphatic rings. The van der Waals surface area contributed by atoms with E-state index in [1.165, 1.54) is 63.3 Å². The Labute approximate surface area is 189 Å². The minimum absolute atomic E-state index is 0.0555. The van der Waals surface area contributed by atoms with E-state index in [0.717, 1.165) is 48.8 Å². The molecule has 0 aliphatic heterocycles. The van der Waals surface area contributed by atoms with Crippen LogP contribution in [0.4, 0.5) is 13.2 Å². The van der Waals surface area contributed by atoms with Crippen molar-refractivity contribution in [1.82, 2.24) is 0 Å². The number of nitrogens with zero attached hydrogens (tertiary/aromatic N) is 2. The van der Waals surface area contributed by atoms with E-state index in [-0.39, 0.29) is 11.0 Å². The molecule has 32 heavy (non-hydrogen) atoms. The zero-order chi connectivity index (χ0) is 22.6. The molecule has 1 aromatic carbocycles. The van der Waals surface area contributed by atoms with Crippen molar-refractivity contribution in [3.8, 4) is 0 Å². The molecule has 0 aromatic heterocycles. The van der Waals surface area contributed by atoms with Crippen molar-refractivity contribution in [1.29, 1.82) is 0 Å². The van der Waals surface area contributed by atoms with Crippen LogP contribution in [0, 0.1) is 34.5 Å². The van der Waals surface area contributed by atoms with Crippen LogP contribution in [0.25, 0.3) is 0 Å². The van der Waals surface area contributed by atoms with Crippen molar-refractivity contribution in [3.63, 3.8) is 0 Å². The molecule has 0 N–H and O–H groups in total. The number of alkyl halides is 3. The normalized spacial score (nSPS) is 40.8. The molecular formula is C27H35F3N2. The van der Waals surface area contributed by atoms with Gasteiger partial charge in [-0.25, -0.2) is 0 Å². The number of rotatable bonds is 2. The summed E-state index contributed by atoms with van der Waals surface area (Å²) in [6.07, 6.45) is 9.75. The first-order valence-electron chi connectivity index (χ1n) is 12.5. The third kappa shape index (κ3) is 3.54. The fourth-order valence-electron chi connectivity index (χ4n) is 8.28. The predicted molar refractivity (Wildman–Crippen MR) is 123 cm³/mol. The lowest BCUT2D eigenvalue weighted by atomic mass is 9.45. The highest BCUT2D eigenvalue weighted by Crippen LogP contribution is 2.65. The molecule has 3 unspecified atom stereocenters. The third-order valence-electron chi connectivity index (χ3n) is 9.97. The van der Waals surface area contributed by atoms with E-state index >= 15 is 0 Å². The van der Waals surface area contributed by atoms with Crippen LogP contribution in [0.1, 0.15) is 89.2 Å². The fourth-order valence-corrected chi connectivity index (χ4v) is 8.28. The van der Waals surface area contributed by atoms with Crippen LogP contribution in [-0.2, 0) is 6.18 Å². The van der Waals surface area contributed by atoms with E-state index in [9.17, 15) is 13.2 Å². The first-order valence-corrected chi connectivity index (χ1v) is 12.5. The Morgan fingerprint density at radius 1 is 0.938 bits per heavy atom. The van der Waals surface area contributed by atoms with Crippen LogP contribution in [-0.4, -0.2) is 11.9 Å². The summed E-state index contributed by atoms with van der Waals surface area (Å²) in [5.74, 6) is 3.17. The van der Waals surface area contributed by atoms with Gasteiger partial charge in [0.1, 0.15) is 0 Å². The minimum atomic E-state index is -4.38. The largest absolute Gasteiger partial charge is 0.417 e. The van der Waals surface area contributed by atoms with E-state index in [1.54, 1.807) is 6.07 Å². The molecule has 174 valence electrons. The maximum Gasteiger partial charge on any atom is 0.417 e.